The molecule has 0 amide bonds. The fraction of sp³-hybridized carbons (Fsp3) is 0.643. The van der Waals surface area contributed by atoms with Gasteiger partial charge >= 0.3 is 5.97 Å². The van der Waals surface area contributed by atoms with Crippen molar-refractivity contribution in [1.29, 1.82) is 0 Å². The molecule has 1 fully saturated rings. The third kappa shape index (κ3) is 1.29. The van der Waals surface area contributed by atoms with Gasteiger partial charge in [-0.15, -0.1) is 0 Å². The summed E-state index contributed by atoms with van der Waals surface area (Å²) in [5.74, 6) is 0.710. The summed E-state index contributed by atoms with van der Waals surface area (Å²) in [7, 11) is 1.37. The molecule has 92 valence electrons. The van der Waals surface area contributed by atoms with Crippen molar-refractivity contribution >= 4 is 5.97 Å². The lowest BCUT2D eigenvalue weighted by molar-refractivity contribution is -0.155. The van der Waals surface area contributed by atoms with Gasteiger partial charge in [-0.2, -0.15) is 0 Å². The number of fused-ring (bicyclic) bond motifs is 5. The first-order valence-corrected chi connectivity index (χ1v) is 6.26. The van der Waals surface area contributed by atoms with Crippen LogP contribution in [0.15, 0.2) is 24.3 Å². The first kappa shape index (κ1) is 11.0. The molecule has 0 heterocycles. The van der Waals surface area contributed by atoms with Gasteiger partial charge in [0.25, 0.3) is 0 Å². The highest BCUT2D eigenvalue weighted by Gasteiger charge is 2.58. The van der Waals surface area contributed by atoms with E-state index in [1.807, 2.05) is 6.08 Å². The molecule has 0 aromatic carbocycles. The highest BCUT2D eigenvalue weighted by molar-refractivity contribution is 5.74. The van der Waals surface area contributed by atoms with Crippen molar-refractivity contribution in [3.8, 4) is 0 Å². The van der Waals surface area contributed by atoms with Crippen molar-refractivity contribution in [1.82, 2.24) is 0 Å². The maximum Gasteiger partial charge on any atom is 0.311 e. The van der Waals surface area contributed by atoms with E-state index < -0.39 is 11.5 Å². The van der Waals surface area contributed by atoms with E-state index in [9.17, 15) is 9.90 Å². The predicted molar refractivity (Wildman–Crippen MR) is 63.0 cm³/mol. The fourth-order valence-corrected chi connectivity index (χ4v) is 3.95. The third-order valence-electron chi connectivity index (χ3n) is 4.89. The Labute approximate surface area is 101 Å². The summed E-state index contributed by atoms with van der Waals surface area (Å²) in [6.45, 7) is 1.76. The molecule has 3 heteroatoms. The number of ether oxygens (including phenoxy) is 1. The molecule has 0 saturated heterocycles. The van der Waals surface area contributed by atoms with E-state index in [4.69, 9.17) is 4.74 Å². The number of allylic oxidation sites excluding steroid dienone is 3. The number of esters is 1. The van der Waals surface area contributed by atoms with Crippen LogP contribution in [0.2, 0.25) is 0 Å². The van der Waals surface area contributed by atoms with Gasteiger partial charge in [0, 0.05) is 5.92 Å². The Hall–Kier alpha value is -1.09. The van der Waals surface area contributed by atoms with Gasteiger partial charge in [-0.1, -0.05) is 24.3 Å². The van der Waals surface area contributed by atoms with Gasteiger partial charge in [0.2, 0.25) is 0 Å². The Morgan fingerprint density at radius 2 is 2.12 bits per heavy atom. The molecule has 0 aromatic heterocycles. The van der Waals surface area contributed by atoms with E-state index in [1.165, 1.54) is 7.11 Å². The van der Waals surface area contributed by atoms with Gasteiger partial charge in [0.05, 0.1) is 18.6 Å². The molecule has 1 saturated carbocycles. The molecule has 0 spiro atoms. The molecule has 1 N–H and O–H groups in total. The lowest BCUT2D eigenvalue weighted by Crippen LogP contribution is -2.47. The third-order valence-corrected chi connectivity index (χ3v) is 4.89. The zero-order chi connectivity index (χ0) is 12.2. The lowest BCUT2D eigenvalue weighted by Gasteiger charge is -2.37. The number of carbonyl (C=O) groups is 1. The van der Waals surface area contributed by atoms with Gasteiger partial charge in [-0.3, -0.25) is 4.79 Å². The summed E-state index contributed by atoms with van der Waals surface area (Å²) in [5.41, 5.74) is -1.03. The molecule has 3 aliphatic rings. The van der Waals surface area contributed by atoms with E-state index in [1.54, 1.807) is 6.92 Å². The van der Waals surface area contributed by atoms with Gasteiger partial charge in [-0.25, -0.2) is 0 Å². The van der Waals surface area contributed by atoms with Crippen LogP contribution < -0.4 is 0 Å². The molecule has 0 aromatic rings. The largest absolute Gasteiger partial charge is 0.469 e. The van der Waals surface area contributed by atoms with E-state index >= 15 is 0 Å². The minimum atomic E-state index is -1.03. The van der Waals surface area contributed by atoms with Crippen LogP contribution in [-0.2, 0) is 9.53 Å². The average Bonchev–Trinajstić information content (AvgIpc) is 3.00. The van der Waals surface area contributed by atoms with Crippen molar-refractivity contribution in [2.75, 3.05) is 7.11 Å². The number of aliphatic hydroxyl groups is 1. The highest BCUT2D eigenvalue weighted by atomic mass is 16.5. The Bertz CT molecular complexity index is 412. The van der Waals surface area contributed by atoms with Crippen molar-refractivity contribution in [2.24, 2.45) is 29.6 Å². The number of carbonyl (C=O) groups excluding carboxylic acids is 1. The molecule has 17 heavy (non-hydrogen) atoms. The molecule has 6 unspecified atom stereocenters. The topological polar surface area (TPSA) is 46.5 Å². The second-order valence-electron chi connectivity index (χ2n) is 5.54. The van der Waals surface area contributed by atoms with Crippen molar-refractivity contribution in [3.63, 3.8) is 0 Å². The number of hydrogen-bond donors (Lipinski definition) is 1. The standard InChI is InChI=1S/C14H18O3/c1-8(13(15)17-2)14(16)6-5-11-9-3-4-10(7-9)12(11)14/h3-6,8-12,16H,7H2,1-2H3. The summed E-state index contributed by atoms with van der Waals surface area (Å²) in [6.07, 6.45) is 9.50. The Morgan fingerprint density at radius 3 is 2.82 bits per heavy atom. The number of methoxy groups -OCH3 is 1. The van der Waals surface area contributed by atoms with Crippen molar-refractivity contribution in [3.05, 3.63) is 24.3 Å². The smallest absolute Gasteiger partial charge is 0.311 e. The molecule has 0 aliphatic heterocycles. The van der Waals surface area contributed by atoms with Crippen LogP contribution in [0, 0.1) is 29.6 Å². The molecular formula is C14H18O3. The Morgan fingerprint density at radius 1 is 1.41 bits per heavy atom. The fourth-order valence-electron chi connectivity index (χ4n) is 3.95. The zero-order valence-corrected chi connectivity index (χ0v) is 10.2. The zero-order valence-electron chi connectivity index (χ0n) is 10.2. The second kappa shape index (κ2) is 3.45. The van der Waals surface area contributed by atoms with Crippen LogP contribution in [0.5, 0.6) is 0 Å². The Kier molecular flexibility index (Phi) is 2.24. The predicted octanol–water partition coefficient (Wildman–Crippen LogP) is 1.53. The summed E-state index contributed by atoms with van der Waals surface area (Å²) < 4.78 is 4.77. The molecule has 6 atom stereocenters. The van der Waals surface area contributed by atoms with Crippen LogP contribution in [0.25, 0.3) is 0 Å². The van der Waals surface area contributed by atoms with Crippen LogP contribution in [0.4, 0.5) is 0 Å². The van der Waals surface area contributed by atoms with Crippen LogP contribution >= 0.6 is 0 Å². The second-order valence-corrected chi connectivity index (χ2v) is 5.54. The van der Waals surface area contributed by atoms with Gasteiger partial charge in [0.1, 0.15) is 0 Å². The lowest BCUT2D eigenvalue weighted by atomic mass is 9.72. The van der Waals surface area contributed by atoms with Crippen molar-refractivity contribution in [2.45, 2.75) is 18.9 Å². The van der Waals surface area contributed by atoms with Gasteiger partial charge in [-0.05, 0) is 31.1 Å². The van der Waals surface area contributed by atoms with Crippen LogP contribution in [-0.4, -0.2) is 23.8 Å². The van der Waals surface area contributed by atoms with Gasteiger partial charge in [0.15, 0.2) is 0 Å². The molecule has 2 bridgehead atoms. The van der Waals surface area contributed by atoms with Crippen molar-refractivity contribution < 1.29 is 14.6 Å². The number of rotatable bonds is 2. The first-order chi connectivity index (χ1) is 8.08. The van der Waals surface area contributed by atoms with E-state index in [-0.39, 0.29) is 11.9 Å². The van der Waals surface area contributed by atoms with Gasteiger partial charge < -0.3 is 9.84 Å². The van der Waals surface area contributed by atoms with E-state index in [0.717, 1.165) is 6.42 Å². The molecular weight excluding hydrogens is 216 g/mol. The summed E-state index contributed by atoms with van der Waals surface area (Å²) >= 11 is 0. The summed E-state index contributed by atoms with van der Waals surface area (Å²) in [5, 5.41) is 10.8. The minimum Gasteiger partial charge on any atom is -0.469 e. The molecule has 0 radical (unpaired) electrons. The van der Waals surface area contributed by atoms with E-state index in [0.29, 0.717) is 17.8 Å². The van der Waals surface area contributed by atoms with E-state index in [2.05, 4.69) is 18.2 Å². The summed E-state index contributed by atoms with van der Waals surface area (Å²) in [4.78, 5) is 11.7. The molecule has 3 aliphatic carbocycles. The monoisotopic (exact) mass is 234 g/mol. The quantitative estimate of drug-likeness (QED) is 0.582. The summed E-state index contributed by atoms with van der Waals surface area (Å²) in [6, 6.07) is 0. The molecule has 3 rings (SSSR count). The van der Waals surface area contributed by atoms with Crippen LogP contribution in [0.3, 0.4) is 0 Å². The molecule has 3 nitrogen and oxygen atoms in total. The number of hydrogen-bond acceptors (Lipinski definition) is 3. The normalized spacial score (nSPS) is 47.2. The maximum atomic E-state index is 11.7. The Balaban J connectivity index is 1.92. The SMILES string of the molecule is COC(=O)C(C)C1(O)C=CC2C3C=CC(C3)C21. The average molecular weight is 234 g/mol. The first-order valence-electron chi connectivity index (χ1n) is 6.26. The minimum absolute atomic E-state index is 0.159. The van der Waals surface area contributed by atoms with Crippen LogP contribution in [0.1, 0.15) is 13.3 Å². The highest BCUT2D eigenvalue weighted by Crippen LogP contribution is 2.57. The maximum absolute atomic E-state index is 11.7.